The summed E-state index contributed by atoms with van der Waals surface area (Å²) in [6.45, 7) is 2.11. The lowest BCUT2D eigenvalue weighted by molar-refractivity contribution is 0.102. The Kier molecular flexibility index (Phi) is 5.41. The average Bonchev–Trinajstić information content (AvgIpc) is 2.63. The Morgan fingerprint density at radius 1 is 1.12 bits per heavy atom. The number of carbonyl (C=O) groups is 1. The molecule has 0 spiro atoms. The van der Waals surface area contributed by atoms with Crippen molar-refractivity contribution in [1.82, 2.24) is 9.97 Å². The van der Waals surface area contributed by atoms with Gasteiger partial charge in [0, 0.05) is 17.9 Å². The van der Waals surface area contributed by atoms with Gasteiger partial charge in [0.1, 0.15) is 5.69 Å². The van der Waals surface area contributed by atoms with E-state index in [0.717, 1.165) is 24.9 Å². The van der Waals surface area contributed by atoms with Crippen molar-refractivity contribution >= 4 is 17.5 Å². The molecule has 5 heteroatoms. The second kappa shape index (κ2) is 7.90. The molecule has 2 N–H and O–H groups in total. The van der Waals surface area contributed by atoms with Crippen LogP contribution in [0.5, 0.6) is 0 Å². The minimum absolute atomic E-state index is 0.214. The molecule has 1 aliphatic rings. The van der Waals surface area contributed by atoms with E-state index < -0.39 is 0 Å². The van der Waals surface area contributed by atoms with Gasteiger partial charge in [-0.2, -0.15) is 0 Å². The van der Waals surface area contributed by atoms with Gasteiger partial charge in [0.05, 0.1) is 0 Å². The standard InChI is InChI=1S/C19H24N4O/c1-2-14-8-10-16(11-9-14)21-18(24)17-12-13-20-19(23-17)22-15-6-4-3-5-7-15/h8-13,15H,2-7H2,1H3,(H,21,24)(H,20,22,23). The quantitative estimate of drug-likeness (QED) is 0.871. The van der Waals surface area contributed by atoms with Crippen LogP contribution in [0.15, 0.2) is 36.5 Å². The molecule has 0 bridgehead atoms. The molecule has 1 fully saturated rings. The number of amides is 1. The Bertz CT molecular complexity index is 678. The smallest absolute Gasteiger partial charge is 0.274 e. The van der Waals surface area contributed by atoms with E-state index >= 15 is 0 Å². The molecule has 0 saturated heterocycles. The zero-order chi connectivity index (χ0) is 16.8. The normalized spacial score (nSPS) is 15.0. The van der Waals surface area contributed by atoms with Gasteiger partial charge in [-0.15, -0.1) is 0 Å². The monoisotopic (exact) mass is 324 g/mol. The van der Waals surface area contributed by atoms with Crippen molar-refractivity contribution in [1.29, 1.82) is 0 Å². The topological polar surface area (TPSA) is 66.9 Å². The van der Waals surface area contributed by atoms with Gasteiger partial charge < -0.3 is 10.6 Å². The zero-order valence-corrected chi connectivity index (χ0v) is 14.1. The first kappa shape index (κ1) is 16.4. The van der Waals surface area contributed by atoms with Crippen molar-refractivity contribution < 1.29 is 4.79 Å². The lowest BCUT2D eigenvalue weighted by Crippen LogP contribution is -2.24. The molecule has 1 aromatic heterocycles. The molecular formula is C19H24N4O. The van der Waals surface area contributed by atoms with Gasteiger partial charge in [0.25, 0.3) is 5.91 Å². The van der Waals surface area contributed by atoms with Crippen LogP contribution < -0.4 is 10.6 Å². The first-order valence-corrected chi connectivity index (χ1v) is 8.74. The van der Waals surface area contributed by atoms with E-state index in [0.29, 0.717) is 17.7 Å². The Balaban J connectivity index is 1.64. The number of nitrogens with one attached hydrogen (secondary N) is 2. The Labute approximate surface area is 142 Å². The Morgan fingerprint density at radius 2 is 1.88 bits per heavy atom. The molecule has 3 rings (SSSR count). The highest BCUT2D eigenvalue weighted by atomic mass is 16.1. The summed E-state index contributed by atoms with van der Waals surface area (Å²) in [6.07, 6.45) is 8.69. The van der Waals surface area contributed by atoms with Crippen molar-refractivity contribution in [2.75, 3.05) is 10.6 Å². The fourth-order valence-corrected chi connectivity index (χ4v) is 3.00. The number of carbonyl (C=O) groups excluding carboxylic acids is 1. The van der Waals surface area contributed by atoms with Crippen LogP contribution in [-0.2, 0) is 6.42 Å². The number of anilines is 2. The van der Waals surface area contributed by atoms with E-state index in [-0.39, 0.29) is 5.91 Å². The molecule has 5 nitrogen and oxygen atoms in total. The highest BCUT2D eigenvalue weighted by molar-refractivity contribution is 6.02. The molecule has 0 atom stereocenters. The molecular weight excluding hydrogens is 300 g/mol. The van der Waals surface area contributed by atoms with Crippen molar-refractivity contribution in [2.45, 2.75) is 51.5 Å². The SMILES string of the molecule is CCc1ccc(NC(=O)c2ccnc(NC3CCCCC3)n2)cc1. The maximum absolute atomic E-state index is 12.4. The van der Waals surface area contributed by atoms with Crippen molar-refractivity contribution in [3.63, 3.8) is 0 Å². The van der Waals surface area contributed by atoms with Crippen LogP contribution >= 0.6 is 0 Å². The third-order valence-corrected chi connectivity index (χ3v) is 4.45. The van der Waals surface area contributed by atoms with Crippen LogP contribution in [-0.4, -0.2) is 21.9 Å². The summed E-state index contributed by atoms with van der Waals surface area (Å²) in [4.78, 5) is 21.0. The van der Waals surface area contributed by atoms with Crippen molar-refractivity contribution in [2.24, 2.45) is 0 Å². The summed E-state index contributed by atoms with van der Waals surface area (Å²) in [6, 6.07) is 9.93. The number of aryl methyl sites for hydroxylation is 1. The highest BCUT2D eigenvalue weighted by Gasteiger charge is 2.15. The number of hydrogen-bond donors (Lipinski definition) is 2. The zero-order valence-electron chi connectivity index (χ0n) is 14.1. The molecule has 0 radical (unpaired) electrons. The number of aromatic nitrogens is 2. The summed E-state index contributed by atoms with van der Waals surface area (Å²) >= 11 is 0. The van der Waals surface area contributed by atoms with Gasteiger partial charge in [-0.3, -0.25) is 4.79 Å². The Morgan fingerprint density at radius 3 is 2.58 bits per heavy atom. The summed E-state index contributed by atoms with van der Waals surface area (Å²) in [5, 5.41) is 6.24. The fourth-order valence-electron chi connectivity index (χ4n) is 3.00. The van der Waals surface area contributed by atoms with E-state index in [9.17, 15) is 4.79 Å². The number of nitrogens with zero attached hydrogens (tertiary/aromatic N) is 2. The van der Waals surface area contributed by atoms with E-state index in [1.165, 1.54) is 24.8 Å². The van der Waals surface area contributed by atoms with E-state index in [4.69, 9.17) is 0 Å². The van der Waals surface area contributed by atoms with E-state index in [1.54, 1.807) is 12.3 Å². The van der Waals surface area contributed by atoms with Gasteiger partial charge >= 0.3 is 0 Å². The molecule has 126 valence electrons. The van der Waals surface area contributed by atoms with Crippen LogP contribution in [0, 0.1) is 0 Å². The molecule has 1 aromatic carbocycles. The molecule has 2 aromatic rings. The summed E-state index contributed by atoms with van der Waals surface area (Å²) in [7, 11) is 0. The minimum Gasteiger partial charge on any atom is -0.351 e. The van der Waals surface area contributed by atoms with Crippen LogP contribution in [0.3, 0.4) is 0 Å². The predicted molar refractivity (Wildman–Crippen MR) is 96.3 cm³/mol. The number of rotatable bonds is 5. The third kappa shape index (κ3) is 4.31. The summed E-state index contributed by atoms with van der Waals surface area (Å²) in [5.41, 5.74) is 2.40. The van der Waals surface area contributed by atoms with Crippen LogP contribution in [0.4, 0.5) is 11.6 Å². The number of benzene rings is 1. The fraction of sp³-hybridized carbons (Fsp3) is 0.421. The Hall–Kier alpha value is -2.43. The van der Waals surface area contributed by atoms with Gasteiger partial charge in [-0.05, 0) is 43.0 Å². The van der Waals surface area contributed by atoms with Gasteiger partial charge in [0.2, 0.25) is 5.95 Å². The van der Waals surface area contributed by atoms with Gasteiger partial charge in [0.15, 0.2) is 0 Å². The molecule has 1 heterocycles. The van der Waals surface area contributed by atoms with E-state index in [1.807, 2.05) is 24.3 Å². The first-order valence-electron chi connectivity index (χ1n) is 8.74. The minimum atomic E-state index is -0.214. The molecule has 0 unspecified atom stereocenters. The lowest BCUT2D eigenvalue weighted by atomic mass is 9.96. The van der Waals surface area contributed by atoms with Crippen LogP contribution in [0.25, 0.3) is 0 Å². The van der Waals surface area contributed by atoms with E-state index in [2.05, 4.69) is 27.5 Å². The van der Waals surface area contributed by atoms with Crippen molar-refractivity contribution in [3.05, 3.63) is 47.8 Å². The second-order valence-electron chi connectivity index (χ2n) is 6.25. The molecule has 0 aliphatic heterocycles. The lowest BCUT2D eigenvalue weighted by Gasteiger charge is -2.22. The summed E-state index contributed by atoms with van der Waals surface area (Å²) < 4.78 is 0. The van der Waals surface area contributed by atoms with Crippen molar-refractivity contribution in [3.8, 4) is 0 Å². The van der Waals surface area contributed by atoms with Crippen LogP contribution in [0.1, 0.15) is 55.1 Å². The first-order chi connectivity index (χ1) is 11.7. The largest absolute Gasteiger partial charge is 0.351 e. The predicted octanol–water partition coefficient (Wildman–Crippen LogP) is 4.04. The highest BCUT2D eigenvalue weighted by Crippen LogP contribution is 2.20. The molecule has 1 saturated carbocycles. The molecule has 1 aliphatic carbocycles. The maximum atomic E-state index is 12.4. The summed E-state index contributed by atoms with van der Waals surface area (Å²) in [5.74, 6) is 0.323. The average molecular weight is 324 g/mol. The third-order valence-electron chi connectivity index (χ3n) is 4.45. The second-order valence-corrected chi connectivity index (χ2v) is 6.25. The van der Waals surface area contributed by atoms with Gasteiger partial charge in [-0.25, -0.2) is 9.97 Å². The molecule has 24 heavy (non-hydrogen) atoms. The maximum Gasteiger partial charge on any atom is 0.274 e. The number of hydrogen-bond acceptors (Lipinski definition) is 4. The van der Waals surface area contributed by atoms with Gasteiger partial charge in [-0.1, -0.05) is 38.3 Å². The molecule has 1 amide bonds. The van der Waals surface area contributed by atoms with Crippen LogP contribution in [0.2, 0.25) is 0 Å².